The van der Waals surface area contributed by atoms with E-state index in [1.807, 2.05) is 18.2 Å². The second-order valence-electron chi connectivity index (χ2n) is 2.49. The summed E-state index contributed by atoms with van der Waals surface area (Å²) in [5.74, 6) is 0.627. The number of anilines is 1. The molecule has 0 amide bonds. The molecule has 0 saturated heterocycles. The third-order valence-electron chi connectivity index (χ3n) is 1.55. The summed E-state index contributed by atoms with van der Waals surface area (Å²) in [6.07, 6.45) is 0. The molecule has 70 valence electrons. The Morgan fingerprint density at radius 3 is 2.43 bits per heavy atom. The SMILES string of the molecule is N#CCN(CC#N)c1cccc(Br)n1. The number of hydrogen-bond donors (Lipinski definition) is 0. The van der Waals surface area contributed by atoms with Crippen molar-refractivity contribution < 1.29 is 0 Å². The van der Waals surface area contributed by atoms with Gasteiger partial charge in [0, 0.05) is 0 Å². The summed E-state index contributed by atoms with van der Waals surface area (Å²) in [7, 11) is 0. The molecule has 1 aromatic heterocycles. The molecular formula is C9H7BrN4. The van der Waals surface area contributed by atoms with Crippen LogP contribution in [0.1, 0.15) is 0 Å². The molecule has 5 heteroatoms. The fraction of sp³-hybridized carbons (Fsp3) is 0.222. The van der Waals surface area contributed by atoms with Crippen LogP contribution in [0.3, 0.4) is 0 Å². The van der Waals surface area contributed by atoms with Gasteiger partial charge in [-0.05, 0) is 28.1 Å². The molecular weight excluding hydrogens is 244 g/mol. The predicted molar refractivity (Wildman–Crippen MR) is 55.4 cm³/mol. The Kier molecular flexibility index (Phi) is 3.90. The van der Waals surface area contributed by atoms with Crippen molar-refractivity contribution in [1.82, 2.24) is 4.98 Å². The zero-order valence-corrected chi connectivity index (χ0v) is 8.90. The Bertz CT molecular complexity index is 375. The van der Waals surface area contributed by atoms with Crippen molar-refractivity contribution in [1.29, 1.82) is 10.5 Å². The molecule has 0 saturated carbocycles. The van der Waals surface area contributed by atoms with Crippen molar-refractivity contribution >= 4 is 21.7 Å². The zero-order chi connectivity index (χ0) is 10.4. The molecule has 0 aromatic carbocycles. The molecule has 0 aliphatic carbocycles. The third-order valence-corrected chi connectivity index (χ3v) is 1.99. The Labute approximate surface area is 90.5 Å². The average Bonchev–Trinajstić information content (AvgIpc) is 2.17. The van der Waals surface area contributed by atoms with Gasteiger partial charge in [0.15, 0.2) is 0 Å². The van der Waals surface area contributed by atoms with Crippen LogP contribution < -0.4 is 4.90 Å². The van der Waals surface area contributed by atoms with Crippen LogP contribution in [-0.2, 0) is 0 Å². The molecule has 0 aliphatic rings. The summed E-state index contributed by atoms with van der Waals surface area (Å²) < 4.78 is 0.691. The van der Waals surface area contributed by atoms with Crippen molar-refractivity contribution in [3.63, 3.8) is 0 Å². The maximum Gasteiger partial charge on any atom is 0.131 e. The first kappa shape index (κ1) is 10.5. The highest BCUT2D eigenvalue weighted by Crippen LogP contribution is 2.13. The summed E-state index contributed by atoms with van der Waals surface area (Å²) in [6.45, 7) is 0.327. The van der Waals surface area contributed by atoms with Gasteiger partial charge in [-0.3, -0.25) is 0 Å². The lowest BCUT2D eigenvalue weighted by Gasteiger charge is -2.16. The number of pyridine rings is 1. The van der Waals surface area contributed by atoms with E-state index in [-0.39, 0.29) is 13.1 Å². The molecule has 0 bridgehead atoms. The van der Waals surface area contributed by atoms with E-state index in [4.69, 9.17) is 10.5 Å². The molecule has 0 spiro atoms. The zero-order valence-electron chi connectivity index (χ0n) is 7.31. The van der Waals surface area contributed by atoms with E-state index in [0.29, 0.717) is 10.4 Å². The fourth-order valence-corrected chi connectivity index (χ4v) is 1.30. The Morgan fingerprint density at radius 1 is 1.29 bits per heavy atom. The van der Waals surface area contributed by atoms with E-state index in [1.165, 1.54) is 0 Å². The normalized spacial score (nSPS) is 8.79. The number of nitriles is 2. The summed E-state index contributed by atoms with van der Waals surface area (Å²) in [5.41, 5.74) is 0. The van der Waals surface area contributed by atoms with Gasteiger partial charge in [0.05, 0.1) is 12.1 Å². The van der Waals surface area contributed by atoms with Crippen molar-refractivity contribution in [3.05, 3.63) is 22.8 Å². The largest absolute Gasteiger partial charge is 0.330 e. The number of rotatable bonds is 3. The van der Waals surface area contributed by atoms with Crippen LogP contribution in [0.5, 0.6) is 0 Å². The van der Waals surface area contributed by atoms with Gasteiger partial charge in [-0.25, -0.2) is 4.98 Å². The van der Waals surface area contributed by atoms with E-state index in [2.05, 4.69) is 20.9 Å². The van der Waals surface area contributed by atoms with Gasteiger partial charge < -0.3 is 4.90 Å². The van der Waals surface area contributed by atoms with Gasteiger partial charge in [0.2, 0.25) is 0 Å². The molecule has 1 aromatic rings. The Hall–Kier alpha value is -1.59. The lowest BCUT2D eigenvalue weighted by Crippen LogP contribution is -2.24. The van der Waals surface area contributed by atoms with E-state index in [9.17, 15) is 0 Å². The smallest absolute Gasteiger partial charge is 0.131 e. The highest BCUT2D eigenvalue weighted by molar-refractivity contribution is 9.10. The highest BCUT2D eigenvalue weighted by atomic mass is 79.9. The molecule has 0 atom stereocenters. The van der Waals surface area contributed by atoms with Crippen molar-refractivity contribution in [3.8, 4) is 12.1 Å². The van der Waals surface area contributed by atoms with Gasteiger partial charge in [0.1, 0.15) is 23.5 Å². The summed E-state index contributed by atoms with van der Waals surface area (Å²) in [5, 5.41) is 17.1. The molecule has 0 unspecified atom stereocenters. The molecule has 1 heterocycles. The number of aromatic nitrogens is 1. The minimum absolute atomic E-state index is 0.164. The van der Waals surface area contributed by atoms with E-state index >= 15 is 0 Å². The van der Waals surface area contributed by atoms with E-state index in [1.54, 1.807) is 17.0 Å². The van der Waals surface area contributed by atoms with Gasteiger partial charge >= 0.3 is 0 Å². The second kappa shape index (κ2) is 5.21. The molecule has 4 nitrogen and oxygen atoms in total. The highest BCUT2D eigenvalue weighted by Gasteiger charge is 2.06. The third kappa shape index (κ3) is 2.72. The summed E-state index contributed by atoms with van der Waals surface area (Å²) in [4.78, 5) is 5.75. The van der Waals surface area contributed by atoms with Crippen molar-refractivity contribution in [2.45, 2.75) is 0 Å². The van der Waals surface area contributed by atoms with E-state index < -0.39 is 0 Å². The first-order valence-corrected chi connectivity index (χ1v) is 4.68. The maximum absolute atomic E-state index is 8.55. The predicted octanol–water partition coefficient (Wildman–Crippen LogP) is 1.70. The van der Waals surface area contributed by atoms with Gasteiger partial charge in [-0.15, -0.1) is 0 Å². The molecule has 14 heavy (non-hydrogen) atoms. The molecule has 0 aliphatic heterocycles. The number of nitrogens with zero attached hydrogens (tertiary/aromatic N) is 4. The lowest BCUT2D eigenvalue weighted by atomic mass is 10.4. The fourth-order valence-electron chi connectivity index (χ4n) is 0.962. The van der Waals surface area contributed by atoms with Crippen LogP contribution >= 0.6 is 15.9 Å². The second-order valence-corrected chi connectivity index (χ2v) is 3.30. The van der Waals surface area contributed by atoms with Crippen LogP contribution in [0.4, 0.5) is 5.82 Å². The van der Waals surface area contributed by atoms with Crippen LogP contribution in [0, 0.1) is 22.7 Å². The van der Waals surface area contributed by atoms with Gasteiger partial charge in [0.25, 0.3) is 0 Å². The minimum Gasteiger partial charge on any atom is -0.330 e. The lowest BCUT2D eigenvalue weighted by molar-refractivity contribution is 0.932. The van der Waals surface area contributed by atoms with Gasteiger partial charge in [-0.1, -0.05) is 6.07 Å². The average molecular weight is 251 g/mol. The first-order chi connectivity index (χ1) is 6.77. The Balaban J connectivity index is 2.89. The van der Waals surface area contributed by atoms with Gasteiger partial charge in [-0.2, -0.15) is 10.5 Å². The number of hydrogen-bond acceptors (Lipinski definition) is 4. The molecule has 1 rings (SSSR count). The monoisotopic (exact) mass is 250 g/mol. The maximum atomic E-state index is 8.55. The molecule has 0 radical (unpaired) electrons. The minimum atomic E-state index is 0.164. The standard InChI is InChI=1S/C9H7BrN4/c10-8-2-1-3-9(13-8)14(6-4-11)7-5-12/h1-3H,6-7H2. The molecule has 0 fully saturated rings. The number of halogens is 1. The summed E-state index contributed by atoms with van der Waals surface area (Å²) in [6, 6.07) is 9.35. The quantitative estimate of drug-likeness (QED) is 0.605. The van der Waals surface area contributed by atoms with E-state index in [0.717, 1.165) is 0 Å². The topological polar surface area (TPSA) is 63.7 Å². The Morgan fingerprint density at radius 2 is 1.93 bits per heavy atom. The van der Waals surface area contributed by atoms with Crippen LogP contribution in [0.2, 0.25) is 0 Å². The molecule has 0 N–H and O–H groups in total. The van der Waals surface area contributed by atoms with Crippen LogP contribution in [-0.4, -0.2) is 18.1 Å². The van der Waals surface area contributed by atoms with Crippen molar-refractivity contribution in [2.24, 2.45) is 0 Å². The first-order valence-electron chi connectivity index (χ1n) is 3.89. The van der Waals surface area contributed by atoms with Crippen molar-refractivity contribution in [2.75, 3.05) is 18.0 Å². The van der Waals surface area contributed by atoms with Crippen LogP contribution in [0.25, 0.3) is 0 Å². The van der Waals surface area contributed by atoms with Crippen LogP contribution in [0.15, 0.2) is 22.8 Å². The summed E-state index contributed by atoms with van der Waals surface area (Å²) >= 11 is 3.23.